The summed E-state index contributed by atoms with van der Waals surface area (Å²) in [5.41, 5.74) is 1.30. The average Bonchev–Trinajstić information content (AvgIpc) is 2.84. The predicted molar refractivity (Wildman–Crippen MR) is 71.8 cm³/mol. The molecule has 0 fully saturated rings. The maximum absolute atomic E-state index is 9.14. The number of benzene rings is 2. The Kier molecular flexibility index (Phi) is 2.81. The van der Waals surface area contributed by atoms with Gasteiger partial charge in [-0.05, 0) is 28.4 Å². The zero-order valence-electron chi connectivity index (χ0n) is 10.2. The number of hydrogen-bond donors (Lipinski definition) is 2. The Morgan fingerprint density at radius 2 is 1.74 bits per heavy atom. The van der Waals surface area contributed by atoms with Gasteiger partial charge in [-0.15, -0.1) is 10.2 Å². The van der Waals surface area contributed by atoms with Gasteiger partial charge in [0.2, 0.25) is 11.8 Å². The molecule has 94 valence electrons. The highest BCUT2D eigenvalue weighted by Gasteiger charge is 2.12. The van der Waals surface area contributed by atoms with Crippen LogP contribution in [0.5, 0.6) is 0 Å². The van der Waals surface area contributed by atoms with Crippen LogP contribution in [0.25, 0.3) is 22.2 Å². The van der Waals surface area contributed by atoms with Crippen LogP contribution in [0.1, 0.15) is 5.89 Å². The lowest BCUT2D eigenvalue weighted by Gasteiger charge is -2.03. The van der Waals surface area contributed by atoms with E-state index in [0.717, 1.165) is 16.3 Å². The molecule has 1 aromatic heterocycles. The van der Waals surface area contributed by atoms with Gasteiger partial charge in [0.05, 0.1) is 0 Å². The van der Waals surface area contributed by atoms with Crippen molar-refractivity contribution in [3.8, 4) is 11.5 Å². The second-order valence-corrected chi connectivity index (χ2v) is 4.32. The molecule has 2 N–H and O–H groups in total. The third-order valence-electron chi connectivity index (χ3n) is 2.94. The van der Waals surface area contributed by atoms with Crippen LogP contribution in [0.3, 0.4) is 0 Å². The first-order valence-corrected chi connectivity index (χ1v) is 5.84. The van der Waals surface area contributed by atoms with Gasteiger partial charge >= 0.3 is 7.12 Å². The lowest BCUT2D eigenvalue weighted by atomic mass is 9.79. The van der Waals surface area contributed by atoms with Crippen LogP contribution in [0, 0.1) is 6.92 Å². The quantitative estimate of drug-likeness (QED) is 0.663. The summed E-state index contributed by atoms with van der Waals surface area (Å²) in [6.07, 6.45) is 0. The van der Waals surface area contributed by atoms with Crippen LogP contribution in [0.4, 0.5) is 0 Å². The summed E-state index contributed by atoms with van der Waals surface area (Å²) in [6, 6.07) is 10.9. The monoisotopic (exact) mass is 254 g/mol. The van der Waals surface area contributed by atoms with Gasteiger partial charge in [-0.1, -0.05) is 24.3 Å². The van der Waals surface area contributed by atoms with Crippen molar-refractivity contribution in [1.82, 2.24) is 10.2 Å². The van der Waals surface area contributed by atoms with Crippen molar-refractivity contribution >= 4 is 23.4 Å². The molecule has 6 heteroatoms. The third-order valence-corrected chi connectivity index (χ3v) is 2.94. The van der Waals surface area contributed by atoms with E-state index in [1.54, 1.807) is 19.1 Å². The van der Waals surface area contributed by atoms with E-state index >= 15 is 0 Å². The van der Waals surface area contributed by atoms with Gasteiger partial charge in [0.15, 0.2) is 0 Å². The molecule has 0 unspecified atom stereocenters. The average molecular weight is 254 g/mol. The van der Waals surface area contributed by atoms with Crippen molar-refractivity contribution in [3.63, 3.8) is 0 Å². The number of aromatic nitrogens is 2. The SMILES string of the molecule is Cc1nnc(-c2ccc3cc(B(O)O)ccc3c2)o1. The second kappa shape index (κ2) is 4.49. The third kappa shape index (κ3) is 2.23. The highest BCUT2D eigenvalue weighted by molar-refractivity contribution is 6.58. The second-order valence-electron chi connectivity index (χ2n) is 4.32. The summed E-state index contributed by atoms with van der Waals surface area (Å²) in [5, 5.41) is 27.9. The zero-order valence-corrected chi connectivity index (χ0v) is 10.2. The Balaban J connectivity index is 2.09. The number of aryl methyl sites for hydroxylation is 1. The maximum Gasteiger partial charge on any atom is 0.488 e. The molecule has 5 nitrogen and oxygen atoms in total. The Morgan fingerprint density at radius 3 is 2.42 bits per heavy atom. The lowest BCUT2D eigenvalue weighted by Crippen LogP contribution is -2.29. The van der Waals surface area contributed by atoms with Gasteiger partial charge in [-0.3, -0.25) is 0 Å². The molecule has 0 aliphatic carbocycles. The lowest BCUT2D eigenvalue weighted by molar-refractivity contribution is 0.426. The molecule has 0 saturated carbocycles. The fourth-order valence-corrected chi connectivity index (χ4v) is 1.97. The molecule has 0 aliphatic rings. The summed E-state index contributed by atoms with van der Waals surface area (Å²) < 4.78 is 5.38. The molecule has 0 spiro atoms. The smallest absolute Gasteiger partial charge is 0.423 e. The van der Waals surface area contributed by atoms with Crippen molar-refractivity contribution in [2.45, 2.75) is 6.92 Å². The van der Waals surface area contributed by atoms with E-state index in [2.05, 4.69) is 10.2 Å². The molecule has 0 amide bonds. The van der Waals surface area contributed by atoms with Gasteiger partial charge < -0.3 is 14.5 Å². The summed E-state index contributed by atoms with van der Waals surface area (Å²) in [7, 11) is -1.46. The topological polar surface area (TPSA) is 79.4 Å². The van der Waals surface area contributed by atoms with Crippen LogP contribution in [-0.4, -0.2) is 27.4 Å². The first-order chi connectivity index (χ1) is 9.13. The fraction of sp³-hybridized carbons (Fsp3) is 0.0769. The summed E-state index contributed by atoms with van der Waals surface area (Å²) in [6.45, 7) is 1.74. The Labute approximate surface area is 109 Å². The largest absolute Gasteiger partial charge is 0.488 e. The molecule has 2 aromatic carbocycles. The van der Waals surface area contributed by atoms with E-state index in [1.165, 1.54) is 0 Å². The van der Waals surface area contributed by atoms with Gasteiger partial charge in [0.25, 0.3) is 0 Å². The standard InChI is InChI=1S/C13H11BN2O3/c1-8-15-16-13(19-8)11-3-2-10-7-12(14(17)18)5-4-9(10)6-11/h2-7,17-18H,1H3. The van der Waals surface area contributed by atoms with Crippen LogP contribution >= 0.6 is 0 Å². The molecule has 19 heavy (non-hydrogen) atoms. The highest BCUT2D eigenvalue weighted by Crippen LogP contribution is 2.22. The summed E-state index contributed by atoms with van der Waals surface area (Å²) >= 11 is 0. The minimum Gasteiger partial charge on any atom is -0.423 e. The minimum absolute atomic E-state index is 0.467. The minimum atomic E-state index is -1.46. The van der Waals surface area contributed by atoms with Crippen LogP contribution in [0.2, 0.25) is 0 Å². The molecular weight excluding hydrogens is 243 g/mol. The predicted octanol–water partition coefficient (Wildman–Crippen LogP) is 0.878. The maximum atomic E-state index is 9.14. The Bertz CT molecular complexity index is 740. The van der Waals surface area contributed by atoms with Crippen molar-refractivity contribution in [2.75, 3.05) is 0 Å². The fourth-order valence-electron chi connectivity index (χ4n) is 1.97. The molecular formula is C13H11BN2O3. The first-order valence-electron chi connectivity index (χ1n) is 5.84. The van der Waals surface area contributed by atoms with Gasteiger partial charge in [0.1, 0.15) is 0 Å². The van der Waals surface area contributed by atoms with Gasteiger partial charge in [-0.25, -0.2) is 0 Å². The number of nitrogens with zero attached hydrogens (tertiary/aromatic N) is 2. The molecule has 0 aliphatic heterocycles. The Morgan fingerprint density at radius 1 is 1.00 bits per heavy atom. The van der Waals surface area contributed by atoms with Crippen LogP contribution < -0.4 is 5.46 Å². The van der Waals surface area contributed by atoms with E-state index in [1.807, 2.05) is 24.3 Å². The molecule has 1 heterocycles. The number of fused-ring (bicyclic) bond motifs is 1. The van der Waals surface area contributed by atoms with Crippen molar-refractivity contribution in [2.24, 2.45) is 0 Å². The highest BCUT2D eigenvalue weighted by atomic mass is 16.4. The normalized spacial score (nSPS) is 10.9. The first kappa shape index (κ1) is 11.9. The number of rotatable bonds is 2. The van der Waals surface area contributed by atoms with Gasteiger partial charge in [0, 0.05) is 12.5 Å². The molecule has 0 bridgehead atoms. The van der Waals surface area contributed by atoms with Crippen LogP contribution in [0.15, 0.2) is 40.8 Å². The van der Waals surface area contributed by atoms with E-state index < -0.39 is 7.12 Å². The zero-order chi connectivity index (χ0) is 13.4. The van der Waals surface area contributed by atoms with E-state index in [9.17, 15) is 0 Å². The van der Waals surface area contributed by atoms with Crippen molar-refractivity contribution in [1.29, 1.82) is 0 Å². The molecule has 0 saturated heterocycles. The van der Waals surface area contributed by atoms with Crippen molar-refractivity contribution < 1.29 is 14.5 Å². The Hall–Kier alpha value is -2.18. The van der Waals surface area contributed by atoms with E-state index in [0.29, 0.717) is 17.2 Å². The molecule has 0 atom stereocenters. The molecule has 0 radical (unpaired) electrons. The van der Waals surface area contributed by atoms with Crippen LogP contribution in [-0.2, 0) is 0 Å². The number of hydrogen-bond acceptors (Lipinski definition) is 5. The van der Waals surface area contributed by atoms with E-state index in [4.69, 9.17) is 14.5 Å². The summed E-state index contributed by atoms with van der Waals surface area (Å²) in [4.78, 5) is 0. The molecule has 3 aromatic rings. The molecule has 3 rings (SSSR count). The summed E-state index contributed by atoms with van der Waals surface area (Å²) in [5.74, 6) is 1.000. The van der Waals surface area contributed by atoms with Crippen molar-refractivity contribution in [3.05, 3.63) is 42.3 Å². The van der Waals surface area contributed by atoms with Gasteiger partial charge in [-0.2, -0.15) is 0 Å². The van der Waals surface area contributed by atoms with E-state index in [-0.39, 0.29) is 0 Å².